The predicted molar refractivity (Wildman–Crippen MR) is 195 cm³/mol. The van der Waals surface area contributed by atoms with E-state index in [1.165, 1.54) is 51.3 Å². The van der Waals surface area contributed by atoms with E-state index in [0.29, 0.717) is 38.6 Å². The largest absolute Gasteiger partial charge is 1.00 e. The number of halogens is 5. The van der Waals surface area contributed by atoms with Gasteiger partial charge in [0.05, 0.1) is 34.6 Å². The number of likely N-dealkylation sites (N-methyl/N-ethyl adjacent to an activating group) is 1. The summed E-state index contributed by atoms with van der Waals surface area (Å²) in [5.41, 5.74) is 0.508. The quantitative estimate of drug-likeness (QED) is 0.135. The van der Waals surface area contributed by atoms with Crippen molar-refractivity contribution in [1.82, 2.24) is 20.1 Å². The number of esters is 1. The van der Waals surface area contributed by atoms with Crippen LogP contribution in [-0.2, 0) is 33.0 Å². The molecule has 5 rings (SSSR count). The van der Waals surface area contributed by atoms with Gasteiger partial charge < -0.3 is 32.3 Å². The third-order valence-corrected chi connectivity index (χ3v) is 9.82. The Labute approximate surface area is 331 Å². The summed E-state index contributed by atoms with van der Waals surface area (Å²) in [7, 11) is 3.09. The van der Waals surface area contributed by atoms with Crippen LogP contribution in [0.5, 0.6) is 0 Å². The van der Waals surface area contributed by atoms with Gasteiger partial charge in [0, 0.05) is 58.1 Å². The molecule has 2 heterocycles. The van der Waals surface area contributed by atoms with Gasteiger partial charge in [-0.1, -0.05) is 42.8 Å². The van der Waals surface area contributed by atoms with E-state index in [9.17, 15) is 19.1 Å². The molecule has 0 saturated carbocycles. The number of anilines is 1. The van der Waals surface area contributed by atoms with Gasteiger partial charge >= 0.3 is 12.1 Å². The van der Waals surface area contributed by atoms with Crippen LogP contribution in [-0.4, -0.2) is 52.6 Å². The Hall–Kier alpha value is -4.69. The number of nitrogens with zero attached hydrogens (tertiary/aromatic N) is 6. The number of aromatic nitrogens is 4. The number of carbonyl (C=O) groups is 2. The molecular formula is C36H36Cl3F2N7O5S. The summed E-state index contributed by atoms with van der Waals surface area (Å²) in [6, 6.07) is 16.8. The molecule has 0 aliphatic rings. The van der Waals surface area contributed by atoms with Crippen molar-refractivity contribution in [2.45, 2.75) is 44.7 Å². The summed E-state index contributed by atoms with van der Waals surface area (Å²) < 4.78 is 43.1. The third kappa shape index (κ3) is 9.89. The van der Waals surface area contributed by atoms with E-state index in [1.54, 1.807) is 68.7 Å². The van der Waals surface area contributed by atoms with E-state index in [2.05, 4.69) is 16.5 Å². The van der Waals surface area contributed by atoms with Gasteiger partial charge in [0.2, 0.25) is 12.6 Å². The van der Waals surface area contributed by atoms with Gasteiger partial charge in [-0.25, -0.2) is 18.6 Å². The Kier molecular flexibility index (Phi) is 15.4. The number of thiazole rings is 1. The van der Waals surface area contributed by atoms with Crippen molar-refractivity contribution in [3.8, 4) is 17.3 Å². The molecule has 0 fully saturated rings. The molecule has 0 aliphatic heterocycles. The van der Waals surface area contributed by atoms with Crippen molar-refractivity contribution < 1.29 is 49.9 Å². The molecule has 54 heavy (non-hydrogen) atoms. The topological polar surface area (TPSA) is 146 Å². The van der Waals surface area contributed by atoms with Crippen LogP contribution in [0, 0.1) is 23.0 Å². The van der Waals surface area contributed by atoms with Crippen LogP contribution in [0.4, 0.5) is 19.3 Å². The number of aliphatic hydroxyl groups is 1. The normalized spacial score (nSPS) is 12.9. The van der Waals surface area contributed by atoms with Crippen LogP contribution in [0.2, 0.25) is 5.02 Å². The Bertz CT molecular complexity index is 2110. The second kappa shape index (κ2) is 19.1. The number of hydrogen-bond acceptors (Lipinski definition) is 10. The first kappa shape index (κ1) is 43.7. The minimum atomic E-state index is -1.97. The van der Waals surface area contributed by atoms with Crippen molar-refractivity contribution in [3.63, 3.8) is 0 Å². The number of nitriles is 1. The zero-order valence-electron chi connectivity index (χ0n) is 29.4. The van der Waals surface area contributed by atoms with Crippen LogP contribution in [0.1, 0.15) is 47.7 Å². The molecule has 3 atom stereocenters. The third-order valence-electron chi connectivity index (χ3n) is 8.44. The SMILES string of the molecule is CNCC(=O)OCc1c(Cl)cccc1N(C)C(=O)OC(C)[n+]1cnn(CC(O)(c2ccc(F)cc2F)C(C)c2nc(-c3ccc(C#N)cc3)cs2)c1.Cl.[Cl-]. The molecule has 286 valence electrons. The average Bonchev–Trinajstić information content (AvgIpc) is 3.81. The van der Waals surface area contributed by atoms with E-state index in [0.717, 1.165) is 11.6 Å². The molecule has 0 radical (unpaired) electrons. The molecule has 18 heteroatoms. The number of amides is 1. The molecule has 0 spiro atoms. The molecule has 12 nitrogen and oxygen atoms in total. The van der Waals surface area contributed by atoms with Crippen LogP contribution < -0.4 is 27.2 Å². The molecule has 0 bridgehead atoms. The molecular weight excluding hydrogens is 787 g/mol. The van der Waals surface area contributed by atoms with Gasteiger partial charge in [0.1, 0.15) is 30.4 Å². The summed E-state index contributed by atoms with van der Waals surface area (Å²) in [5.74, 6) is -3.05. The maximum Gasteiger partial charge on any atom is 0.416 e. The highest BCUT2D eigenvalue weighted by molar-refractivity contribution is 7.10. The summed E-state index contributed by atoms with van der Waals surface area (Å²) in [5, 5.41) is 31.0. The van der Waals surface area contributed by atoms with Gasteiger partial charge in [0.25, 0.3) is 6.33 Å². The van der Waals surface area contributed by atoms with Crippen molar-refractivity contribution in [2.75, 3.05) is 25.5 Å². The molecule has 2 aromatic heterocycles. The minimum absolute atomic E-state index is 0. The fourth-order valence-corrected chi connectivity index (χ4v) is 6.62. The summed E-state index contributed by atoms with van der Waals surface area (Å²) in [4.78, 5) is 31.1. The standard InChI is InChI=1S/C36H35ClF2N7O5S.2ClH/c1-22(34-43-31(18-52-34)25-10-8-24(15-40)9-11-25)36(49,28-13-12-26(38)14-30(28)39)19-46-21-45(20-42-46)23(2)51-35(48)44(4)32-7-5-6-29(37)27(32)17-50-33(47)16-41-3;;/h5-14,18,20-23,41,49H,16-17,19H2,1-4H3;2*1H/q+1;;/p-1. The van der Waals surface area contributed by atoms with Gasteiger partial charge in [-0.3, -0.25) is 9.69 Å². The average molecular weight is 823 g/mol. The highest BCUT2D eigenvalue weighted by Crippen LogP contribution is 2.41. The van der Waals surface area contributed by atoms with Crippen molar-refractivity contribution in [2.24, 2.45) is 0 Å². The Morgan fingerprint density at radius 1 is 1.19 bits per heavy atom. The number of carbonyl (C=O) groups excluding carboxylic acids is 2. The van der Waals surface area contributed by atoms with Crippen molar-refractivity contribution in [3.05, 3.63) is 117 Å². The van der Waals surface area contributed by atoms with Crippen molar-refractivity contribution in [1.29, 1.82) is 5.26 Å². The highest BCUT2D eigenvalue weighted by Gasteiger charge is 2.43. The first-order valence-corrected chi connectivity index (χ1v) is 17.2. The molecule has 0 aliphatic carbocycles. The number of ether oxygens (including phenoxy) is 2. The van der Waals surface area contributed by atoms with Gasteiger partial charge in [-0.05, 0) is 37.4 Å². The van der Waals surface area contributed by atoms with E-state index >= 15 is 4.39 Å². The lowest BCUT2D eigenvalue weighted by Crippen LogP contribution is -3.00. The fraction of sp³-hybridized carbons (Fsp3) is 0.278. The van der Waals surface area contributed by atoms with E-state index < -0.39 is 41.4 Å². The maximum atomic E-state index is 15.4. The fourth-order valence-electron chi connectivity index (χ4n) is 5.43. The first-order chi connectivity index (χ1) is 24.8. The lowest BCUT2D eigenvalue weighted by Gasteiger charge is -2.32. The molecule has 3 unspecified atom stereocenters. The van der Waals surface area contributed by atoms with E-state index in [4.69, 9.17) is 31.3 Å². The van der Waals surface area contributed by atoms with Crippen molar-refractivity contribution >= 4 is 53.1 Å². The first-order valence-electron chi connectivity index (χ1n) is 15.9. The van der Waals surface area contributed by atoms with E-state index in [1.807, 2.05) is 0 Å². The number of rotatable bonds is 13. The number of nitrogens with one attached hydrogen (secondary N) is 1. The second-order valence-corrected chi connectivity index (χ2v) is 13.2. The minimum Gasteiger partial charge on any atom is -1.00 e. The maximum absolute atomic E-state index is 15.4. The van der Waals surface area contributed by atoms with Gasteiger partial charge in [-0.2, -0.15) is 9.83 Å². The number of benzene rings is 3. The van der Waals surface area contributed by atoms with Gasteiger partial charge in [-0.15, -0.1) is 28.4 Å². The van der Waals surface area contributed by atoms with E-state index in [-0.39, 0.29) is 50.1 Å². The van der Waals surface area contributed by atoms with Crippen LogP contribution in [0.3, 0.4) is 0 Å². The molecule has 0 saturated heterocycles. The lowest BCUT2D eigenvalue weighted by molar-refractivity contribution is -0.753. The van der Waals surface area contributed by atoms with Crippen LogP contribution >= 0.6 is 35.3 Å². The van der Waals surface area contributed by atoms with Crippen LogP contribution in [0.25, 0.3) is 11.3 Å². The Morgan fingerprint density at radius 3 is 2.57 bits per heavy atom. The second-order valence-electron chi connectivity index (χ2n) is 11.9. The zero-order chi connectivity index (χ0) is 37.6. The Balaban J connectivity index is 0.00000392. The number of hydrogen-bond donors (Lipinski definition) is 2. The summed E-state index contributed by atoms with van der Waals surface area (Å²) >= 11 is 7.65. The predicted octanol–water partition coefficient (Wildman–Crippen LogP) is 3.27. The van der Waals surface area contributed by atoms with Crippen LogP contribution in [0.15, 0.2) is 78.7 Å². The molecule has 2 N–H and O–H groups in total. The zero-order valence-corrected chi connectivity index (χ0v) is 32.5. The Morgan fingerprint density at radius 2 is 1.91 bits per heavy atom. The summed E-state index contributed by atoms with van der Waals surface area (Å²) in [6.07, 6.45) is 1.20. The molecule has 1 amide bonds. The molecule has 5 aromatic rings. The van der Waals surface area contributed by atoms with Gasteiger partial charge in [0.15, 0.2) is 0 Å². The monoisotopic (exact) mass is 821 g/mol. The summed E-state index contributed by atoms with van der Waals surface area (Å²) in [6.45, 7) is 2.84. The highest BCUT2D eigenvalue weighted by atomic mass is 35.5. The smallest absolute Gasteiger partial charge is 0.416 e. The lowest BCUT2D eigenvalue weighted by atomic mass is 9.82. The molecule has 3 aromatic carbocycles.